The first-order valence-corrected chi connectivity index (χ1v) is 5.16. The predicted octanol–water partition coefficient (Wildman–Crippen LogP) is 2.62. The van der Waals surface area contributed by atoms with E-state index in [-0.39, 0.29) is 5.54 Å². The molecule has 1 aromatic carbocycles. The molecule has 0 spiro atoms. The van der Waals surface area contributed by atoms with Gasteiger partial charge < -0.3 is 11.1 Å². The van der Waals surface area contributed by atoms with Crippen molar-refractivity contribution in [1.82, 2.24) is 0 Å². The average Bonchev–Trinajstić information content (AvgIpc) is 2.13. The Hall–Kier alpha value is -1.02. The first-order chi connectivity index (χ1) is 6.58. The Morgan fingerprint density at radius 1 is 1.21 bits per heavy atom. The predicted molar refractivity (Wildman–Crippen MR) is 62.4 cm³/mol. The van der Waals surface area contributed by atoms with Crippen LogP contribution in [0, 0.1) is 0 Å². The van der Waals surface area contributed by atoms with Crippen molar-refractivity contribution in [2.75, 3.05) is 11.9 Å². The molecule has 78 valence electrons. The monoisotopic (exact) mass is 192 g/mol. The van der Waals surface area contributed by atoms with Crippen molar-refractivity contribution in [1.29, 1.82) is 0 Å². The van der Waals surface area contributed by atoms with E-state index in [1.807, 2.05) is 18.2 Å². The van der Waals surface area contributed by atoms with Gasteiger partial charge in [0.2, 0.25) is 0 Å². The molecule has 0 atom stereocenters. The van der Waals surface area contributed by atoms with Gasteiger partial charge in [0.05, 0.1) is 0 Å². The van der Waals surface area contributed by atoms with Crippen LogP contribution in [0.25, 0.3) is 0 Å². The summed E-state index contributed by atoms with van der Waals surface area (Å²) in [6.45, 7) is 5.12. The standard InChI is InChI=1S/C12H20N2/c1-12(2,13)9-6-10-14-11-7-4-3-5-8-11/h3-5,7-8,14H,6,9-10,13H2,1-2H3. The fraction of sp³-hybridized carbons (Fsp3) is 0.500. The molecule has 0 amide bonds. The van der Waals surface area contributed by atoms with E-state index in [4.69, 9.17) is 5.73 Å². The summed E-state index contributed by atoms with van der Waals surface area (Å²) in [5.41, 5.74) is 7.03. The second kappa shape index (κ2) is 5.01. The minimum Gasteiger partial charge on any atom is -0.385 e. The molecular formula is C12H20N2. The molecule has 0 aromatic heterocycles. The van der Waals surface area contributed by atoms with Gasteiger partial charge in [-0.05, 0) is 38.8 Å². The van der Waals surface area contributed by atoms with Gasteiger partial charge in [0, 0.05) is 17.8 Å². The van der Waals surface area contributed by atoms with Crippen LogP contribution in [0.15, 0.2) is 30.3 Å². The number of benzene rings is 1. The van der Waals surface area contributed by atoms with Crippen LogP contribution >= 0.6 is 0 Å². The summed E-state index contributed by atoms with van der Waals surface area (Å²) in [6, 6.07) is 10.2. The highest BCUT2D eigenvalue weighted by atomic mass is 14.9. The van der Waals surface area contributed by atoms with Crippen LogP contribution < -0.4 is 11.1 Å². The molecule has 14 heavy (non-hydrogen) atoms. The highest BCUT2D eigenvalue weighted by molar-refractivity contribution is 5.42. The lowest BCUT2D eigenvalue weighted by atomic mass is 10.0. The van der Waals surface area contributed by atoms with E-state index in [9.17, 15) is 0 Å². The lowest BCUT2D eigenvalue weighted by molar-refractivity contribution is 0.465. The van der Waals surface area contributed by atoms with Crippen LogP contribution in [0.1, 0.15) is 26.7 Å². The first-order valence-electron chi connectivity index (χ1n) is 5.16. The van der Waals surface area contributed by atoms with Crippen LogP contribution in [0.3, 0.4) is 0 Å². The molecule has 0 unspecified atom stereocenters. The zero-order valence-electron chi connectivity index (χ0n) is 9.09. The average molecular weight is 192 g/mol. The van der Waals surface area contributed by atoms with Gasteiger partial charge in [-0.2, -0.15) is 0 Å². The molecule has 0 aliphatic carbocycles. The van der Waals surface area contributed by atoms with Crippen LogP contribution in [0.5, 0.6) is 0 Å². The largest absolute Gasteiger partial charge is 0.385 e. The van der Waals surface area contributed by atoms with E-state index < -0.39 is 0 Å². The SMILES string of the molecule is CC(C)(N)CCCNc1ccccc1. The Labute approximate surface area is 86.5 Å². The smallest absolute Gasteiger partial charge is 0.0340 e. The topological polar surface area (TPSA) is 38.0 Å². The number of nitrogens with two attached hydrogens (primary N) is 1. The number of para-hydroxylation sites is 1. The van der Waals surface area contributed by atoms with Gasteiger partial charge in [0.15, 0.2) is 0 Å². The Morgan fingerprint density at radius 3 is 2.43 bits per heavy atom. The highest BCUT2D eigenvalue weighted by Crippen LogP contribution is 2.09. The zero-order chi connectivity index (χ0) is 10.4. The Bertz CT molecular complexity index is 249. The molecule has 3 N–H and O–H groups in total. The van der Waals surface area contributed by atoms with Crippen molar-refractivity contribution < 1.29 is 0 Å². The van der Waals surface area contributed by atoms with E-state index in [0.29, 0.717) is 0 Å². The Morgan fingerprint density at radius 2 is 1.86 bits per heavy atom. The third-order valence-corrected chi connectivity index (χ3v) is 2.10. The fourth-order valence-electron chi connectivity index (χ4n) is 1.33. The number of anilines is 1. The van der Waals surface area contributed by atoms with Crippen molar-refractivity contribution in [3.63, 3.8) is 0 Å². The summed E-state index contributed by atoms with van der Waals surface area (Å²) in [5.74, 6) is 0. The number of rotatable bonds is 5. The van der Waals surface area contributed by atoms with Gasteiger partial charge in [-0.25, -0.2) is 0 Å². The summed E-state index contributed by atoms with van der Waals surface area (Å²) in [5, 5.41) is 3.36. The molecule has 0 saturated carbocycles. The minimum absolute atomic E-state index is 0.0433. The van der Waals surface area contributed by atoms with Crippen molar-refractivity contribution in [2.24, 2.45) is 5.73 Å². The van der Waals surface area contributed by atoms with Gasteiger partial charge in [0.25, 0.3) is 0 Å². The molecular weight excluding hydrogens is 172 g/mol. The molecule has 0 heterocycles. The molecule has 0 aliphatic heterocycles. The third-order valence-electron chi connectivity index (χ3n) is 2.10. The van der Waals surface area contributed by atoms with E-state index >= 15 is 0 Å². The third kappa shape index (κ3) is 4.87. The first kappa shape index (κ1) is 11.1. The molecule has 0 saturated heterocycles. The second-order valence-electron chi connectivity index (χ2n) is 4.38. The van der Waals surface area contributed by atoms with Crippen molar-refractivity contribution in [3.05, 3.63) is 30.3 Å². The van der Waals surface area contributed by atoms with Gasteiger partial charge in [-0.15, -0.1) is 0 Å². The quantitative estimate of drug-likeness (QED) is 0.704. The van der Waals surface area contributed by atoms with E-state index in [2.05, 4.69) is 31.3 Å². The fourth-order valence-corrected chi connectivity index (χ4v) is 1.33. The van der Waals surface area contributed by atoms with Crippen LogP contribution in [-0.4, -0.2) is 12.1 Å². The van der Waals surface area contributed by atoms with Crippen LogP contribution in [0.2, 0.25) is 0 Å². The maximum Gasteiger partial charge on any atom is 0.0340 e. The second-order valence-corrected chi connectivity index (χ2v) is 4.38. The molecule has 0 bridgehead atoms. The molecule has 2 nitrogen and oxygen atoms in total. The van der Waals surface area contributed by atoms with Crippen LogP contribution in [0.4, 0.5) is 5.69 Å². The summed E-state index contributed by atoms with van der Waals surface area (Å²) in [7, 11) is 0. The van der Waals surface area contributed by atoms with Gasteiger partial charge in [-0.3, -0.25) is 0 Å². The van der Waals surface area contributed by atoms with Gasteiger partial charge in [0.1, 0.15) is 0 Å². The Kier molecular flexibility index (Phi) is 3.96. The van der Waals surface area contributed by atoms with Gasteiger partial charge >= 0.3 is 0 Å². The van der Waals surface area contributed by atoms with Crippen molar-refractivity contribution >= 4 is 5.69 Å². The molecule has 1 aromatic rings. The minimum atomic E-state index is -0.0433. The lowest BCUT2D eigenvalue weighted by Crippen LogP contribution is -2.32. The lowest BCUT2D eigenvalue weighted by Gasteiger charge is -2.18. The normalized spacial score (nSPS) is 11.4. The molecule has 0 radical (unpaired) electrons. The zero-order valence-corrected chi connectivity index (χ0v) is 9.09. The molecule has 2 heteroatoms. The van der Waals surface area contributed by atoms with Crippen molar-refractivity contribution in [3.8, 4) is 0 Å². The molecule has 0 fully saturated rings. The molecule has 1 rings (SSSR count). The summed E-state index contributed by atoms with van der Waals surface area (Å²) < 4.78 is 0. The van der Waals surface area contributed by atoms with E-state index in [1.165, 1.54) is 5.69 Å². The summed E-state index contributed by atoms with van der Waals surface area (Å²) in [4.78, 5) is 0. The highest BCUT2D eigenvalue weighted by Gasteiger charge is 2.08. The number of nitrogens with one attached hydrogen (secondary N) is 1. The Balaban J connectivity index is 2.17. The van der Waals surface area contributed by atoms with Gasteiger partial charge in [-0.1, -0.05) is 18.2 Å². The van der Waals surface area contributed by atoms with E-state index in [0.717, 1.165) is 19.4 Å². The summed E-state index contributed by atoms with van der Waals surface area (Å²) >= 11 is 0. The van der Waals surface area contributed by atoms with Crippen LogP contribution in [-0.2, 0) is 0 Å². The molecule has 0 aliphatic rings. The summed E-state index contributed by atoms with van der Waals surface area (Å²) in [6.07, 6.45) is 2.16. The maximum absolute atomic E-state index is 5.89. The van der Waals surface area contributed by atoms with E-state index in [1.54, 1.807) is 0 Å². The number of hydrogen-bond donors (Lipinski definition) is 2. The number of hydrogen-bond acceptors (Lipinski definition) is 2. The van der Waals surface area contributed by atoms with Crippen molar-refractivity contribution in [2.45, 2.75) is 32.2 Å². The maximum atomic E-state index is 5.89.